The Labute approximate surface area is 336 Å². The summed E-state index contributed by atoms with van der Waals surface area (Å²) in [6.07, 6.45) is 10.1. The maximum Gasteiger partial charge on any atom is 0.246 e. The van der Waals surface area contributed by atoms with Gasteiger partial charge in [0.15, 0.2) is 5.96 Å². The molecule has 3 heterocycles. The molecule has 10 N–H and O–H groups in total. The second kappa shape index (κ2) is 20.6. The third-order valence-electron chi connectivity index (χ3n) is 11.9. The molecule has 16 heteroatoms. The number of rotatable bonds is 6. The summed E-state index contributed by atoms with van der Waals surface area (Å²) in [5.41, 5.74) is 18.0. The third-order valence-corrected chi connectivity index (χ3v) is 11.9. The first-order valence-electron chi connectivity index (χ1n) is 21.1. The number of guanidine groups is 1. The molecule has 5 atom stereocenters. The fraction of sp³-hybridized carbons (Fsp3) is 0.683. The van der Waals surface area contributed by atoms with Gasteiger partial charge in [0.25, 0.3) is 0 Å². The van der Waals surface area contributed by atoms with Gasteiger partial charge in [-0.05, 0) is 83.1 Å². The molecule has 1 saturated carbocycles. The minimum Gasteiger partial charge on any atom is -0.370 e. The molecule has 1 aliphatic carbocycles. The van der Waals surface area contributed by atoms with E-state index in [1.807, 2.05) is 31.2 Å². The molecule has 4 fully saturated rings. The molecule has 0 bridgehead atoms. The van der Waals surface area contributed by atoms with Gasteiger partial charge < -0.3 is 48.3 Å². The SMILES string of the molecule is Cc1cccc(C[C@@H]2NC(=O)[C@@H](N)CCCCCCCCNC(=O)[C@@H]3CCCN3C(=O)[C@H](CCCN=C(N)N)NC(=O)C3(CCC3)NC(=O)[C@@H]3CCCN3C2=O)c1. The van der Waals surface area contributed by atoms with E-state index in [-0.39, 0.29) is 43.1 Å². The summed E-state index contributed by atoms with van der Waals surface area (Å²) >= 11 is 0. The lowest BCUT2D eigenvalue weighted by Gasteiger charge is -2.43. The Morgan fingerprint density at radius 1 is 0.772 bits per heavy atom. The van der Waals surface area contributed by atoms with Gasteiger partial charge >= 0.3 is 0 Å². The fourth-order valence-electron chi connectivity index (χ4n) is 8.53. The van der Waals surface area contributed by atoms with Crippen LogP contribution in [0, 0.1) is 6.92 Å². The Morgan fingerprint density at radius 3 is 2.07 bits per heavy atom. The molecule has 16 nitrogen and oxygen atoms in total. The first kappa shape index (κ1) is 43.4. The van der Waals surface area contributed by atoms with Crippen molar-refractivity contribution in [1.82, 2.24) is 31.1 Å². The average Bonchev–Trinajstić information content (AvgIpc) is 3.86. The van der Waals surface area contributed by atoms with E-state index in [9.17, 15) is 28.8 Å². The molecule has 0 radical (unpaired) electrons. The van der Waals surface area contributed by atoms with Crippen LogP contribution in [-0.2, 0) is 35.2 Å². The van der Waals surface area contributed by atoms with Gasteiger partial charge in [-0.2, -0.15) is 0 Å². The van der Waals surface area contributed by atoms with E-state index < -0.39 is 53.5 Å². The van der Waals surface area contributed by atoms with Crippen LogP contribution in [0.4, 0.5) is 0 Å². The molecule has 1 aromatic rings. The summed E-state index contributed by atoms with van der Waals surface area (Å²) in [6.45, 7) is 3.41. The van der Waals surface area contributed by atoms with Crippen LogP contribution >= 0.6 is 0 Å². The molecule has 0 unspecified atom stereocenters. The van der Waals surface area contributed by atoms with E-state index in [0.717, 1.165) is 49.7 Å². The number of fused-ring (bicyclic) bond motifs is 2. The topological polar surface area (TPSA) is 247 Å². The van der Waals surface area contributed by atoms with Crippen LogP contribution in [0.2, 0.25) is 0 Å². The molecule has 3 aliphatic heterocycles. The number of hydrogen-bond donors (Lipinski definition) is 7. The van der Waals surface area contributed by atoms with Crippen LogP contribution in [0.5, 0.6) is 0 Å². The molecular formula is C41H64N10O6. The van der Waals surface area contributed by atoms with E-state index in [2.05, 4.69) is 26.3 Å². The van der Waals surface area contributed by atoms with Gasteiger partial charge in [-0.25, -0.2) is 0 Å². The van der Waals surface area contributed by atoms with E-state index >= 15 is 0 Å². The molecule has 314 valence electrons. The highest BCUT2D eigenvalue weighted by Crippen LogP contribution is 2.34. The van der Waals surface area contributed by atoms with E-state index in [1.165, 1.54) is 4.90 Å². The second-order valence-electron chi connectivity index (χ2n) is 16.3. The summed E-state index contributed by atoms with van der Waals surface area (Å²) in [7, 11) is 0. The Morgan fingerprint density at radius 2 is 1.42 bits per heavy atom. The fourth-order valence-corrected chi connectivity index (χ4v) is 8.53. The Bertz CT molecular complexity index is 1630. The number of aliphatic imine (C=N–C) groups is 1. The van der Waals surface area contributed by atoms with Crippen LogP contribution in [-0.4, -0.2) is 113 Å². The van der Waals surface area contributed by atoms with Crippen molar-refractivity contribution in [3.05, 3.63) is 35.4 Å². The monoisotopic (exact) mass is 793 g/mol. The van der Waals surface area contributed by atoms with E-state index in [4.69, 9.17) is 17.2 Å². The molecule has 4 aliphatic rings. The Balaban J connectivity index is 1.38. The normalized spacial score (nSPS) is 27.4. The zero-order valence-electron chi connectivity index (χ0n) is 33.6. The van der Waals surface area contributed by atoms with Crippen LogP contribution in [0.1, 0.15) is 114 Å². The highest BCUT2D eigenvalue weighted by molar-refractivity contribution is 5.99. The van der Waals surface area contributed by atoms with Gasteiger partial charge in [-0.1, -0.05) is 61.9 Å². The summed E-state index contributed by atoms with van der Waals surface area (Å²) in [5, 5.41) is 11.9. The molecular weight excluding hydrogens is 729 g/mol. The minimum atomic E-state index is -1.28. The van der Waals surface area contributed by atoms with Crippen molar-refractivity contribution in [3.8, 4) is 0 Å². The number of aryl methyl sites for hydroxylation is 1. The van der Waals surface area contributed by atoms with E-state index in [1.54, 1.807) is 4.90 Å². The zero-order valence-corrected chi connectivity index (χ0v) is 33.6. The second-order valence-corrected chi connectivity index (χ2v) is 16.3. The number of amides is 6. The first-order chi connectivity index (χ1) is 27.4. The van der Waals surface area contributed by atoms with Crippen molar-refractivity contribution in [2.24, 2.45) is 22.2 Å². The molecule has 1 spiro atoms. The predicted octanol–water partition coefficient (Wildman–Crippen LogP) is 0.769. The van der Waals surface area contributed by atoms with Crippen molar-refractivity contribution in [2.45, 2.75) is 152 Å². The van der Waals surface area contributed by atoms with Gasteiger partial charge in [0.2, 0.25) is 35.4 Å². The third kappa shape index (κ3) is 11.7. The lowest BCUT2D eigenvalue weighted by molar-refractivity contribution is -0.146. The van der Waals surface area contributed by atoms with Gasteiger partial charge in [-0.15, -0.1) is 0 Å². The van der Waals surface area contributed by atoms with Gasteiger partial charge in [0.05, 0.1) is 6.04 Å². The summed E-state index contributed by atoms with van der Waals surface area (Å²) < 4.78 is 0. The standard InChI is InChI=1S/C41H64N10O6/c1-27-13-8-14-28(25-27)26-31-38(56)51-24-11-18-33(51)36(54)49-41(19-12-20-41)39(57)48-30(16-9-22-46-40(43)44)37(55)50-23-10-17-32(50)35(53)45-21-7-5-3-2-4-6-15-29(42)34(52)47-31/h8,13-14,25,29-33H,2-7,9-12,15-24,26,42H2,1H3,(H,45,53)(H,47,52)(H,48,57)(H,49,54)(H4,43,44,46)/t29-,30-,31-,32-,33-/m0/s1. The predicted molar refractivity (Wildman–Crippen MR) is 216 cm³/mol. The smallest absolute Gasteiger partial charge is 0.246 e. The number of nitrogens with two attached hydrogens (primary N) is 3. The molecule has 6 amide bonds. The number of nitrogens with one attached hydrogen (secondary N) is 4. The van der Waals surface area contributed by atoms with Crippen LogP contribution in [0.3, 0.4) is 0 Å². The average molecular weight is 793 g/mol. The van der Waals surface area contributed by atoms with Crippen molar-refractivity contribution in [2.75, 3.05) is 26.2 Å². The number of hydrogen-bond acceptors (Lipinski definition) is 8. The number of carbonyl (C=O) groups is 6. The summed E-state index contributed by atoms with van der Waals surface area (Å²) in [4.78, 5) is 90.8. The van der Waals surface area contributed by atoms with Gasteiger partial charge in [-0.3, -0.25) is 33.8 Å². The molecule has 57 heavy (non-hydrogen) atoms. The quantitative estimate of drug-likeness (QED) is 0.122. The van der Waals surface area contributed by atoms with E-state index in [0.29, 0.717) is 77.4 Å². The maximum absolute atomic E-state index is 14.4. The van der Waals surface area contributed by atoms with Crippen molar-refractivity contribution >= 4 is 41.4 Å². The Kier molecular flexibility index (Phi) is 15.7. The summed E-state index contributed by atoms with van der Waals surface area (Å²) in [6, 6.07) is 3.53. The molecule has 0 aromatic heterocycles. The van der Waals surface area contributed by atoms with Crippen molar-refractivity contribution < 1.29 is 28.8 Å². The zero-order chi connectivity index (χ0) is 41.0. The molecule has 3 saturated heterocycles. The molecule has 1 aromatic carbocycles. The highest BCUT2D eigenvalue weighted by atomic mass is 16.2. The number of benzene rings is 1. The van der Waals surface area contributed by atoms with Crippen molar-refractivity contribution in [3.63, 3.8) is 0 Å². The maximum atomic E-state index is 14.4. The Hall–Kier alpha value is -4.73. The van der Waals surface area contributed by atoms with Gasteiger partial charge in [0, 0.05) is 32.6 Å². The van der Waals surface area contributed by atoms with Gasteiger partial charge in [0.1, 0.15) is 29.7 Å². The largest absolute Gasteiger partial charge is 0.370 e. The lowest BCUT2D eigenvalue weighted by atomic mass is 9.75. The minimum absolute atomic E-state index is 0.0792. The first-order valence-corrected chi connectivity index (χ1v) is 21.1. The number of nitrogens with zero attached hydrogens (tertiary/aromatic N) is 3. The lowest BCUT2D eigenvalue weighted by Crippen LogP contribution is -2.67. The number of carbonyl (C=O) groups excluding carboxylic acids is 6. The molecule has 5 rings (SSSR count). The van der Waals surface area contributed by atoms with Crippen molar-refractivity contribution in [1.29, 1.82) is 0 Å². The highest BCUT2D eigenvalue weighted by Gasteiger charge is 2.49. The van der Waals surface area contributed by atoms with Crippen LogP contribution < -0.4 is 38.5 Å². The van der Waals surface area contributed by atoms with Crippen LogP contribution in [0.15, 0.2) is 29.3 Å². The van der Waals surface area contributed by atoms with Crippen LogP contribution in [0.25, 0.3) is 0 Å². The summed E-state index contributed by atoms with van der Waals surface area (Å²) in [5.74, 6) is -2.38.